The van der Waals surface area contributed by atoms with Gasteiger partial charge < -0.3 is 10.2 Å². The summed E-state index contributed by atoms with van der Waals surface area (Å²) in [6.45, 7) is 1.72. The molecule has 0 saturated heterocycles. The van der Waals surface area contributed by atoms with Crippen LogP contribution in [0.1, 0.15) is 11.5 Å². The molecular formula is C13H14ClFN2O3S. The second-order valence-electron chi connectivity index (χ2n) is 4.58. The van der Waals surface area contributed by atoms with Crippen LogP contribution in [0, 0.1) is 12.7 Å². The second-order valence-corrected chi connectivity index (χ2v) is 7.03. The molecular weight excluding hydrogens is 319 g/mol. The SMILES string of the molecule is Cc1ccc(CN(C)S(=O)(=O)c2cc(Cl)cc(N)c2F)o1. The number of nitrogen functional groups attached to an aromatic ring is 1. The number of halogens is 2. The van der Waals surface area contributed by atoms with Crippen LogP contribution in [0.15, 0.2) is 33.6 Å². The summed E-state index contributed by atoms with van der Waals surface area (Å²) in [6, 6.07) is 5.57. The highest BCUT2D eigenvalue weighted by atomic mass is 35.5. The van der Waals surface area contributed by atoms with Crippen molar-refractivity contribution >= 4 is 27.3 Å². The maximum atomic E-state index is 14.0. The predicted octanol–water partition coefficient (Wildman–Crippen LogP) is 2.78. The molecule has 0 saturated carbocycles. The molecule has 5 nitrogen and oxygen atoms in total. The molecule has 1 aromatic carbocycles. The van der Waals surface area contributed by atoms with Crippen LogP contribution in [0.4, 0.5) is 10.1 Å². The Hall–Kier alpha value is -1.57. The van der Waals surface area contributed by atoms with Gasteiger partial charge in [0.2, 0.25) is 10.0 Å². The van der Waals surface area contributed by atoms with E-state index in [4.69, 9.17) is 21.8 Å². The standard InChI is InChI=1S/C13H14ClFN2O3S/c1-8-3-4-10(20-8)7-17(2)21(18,19)12-6-9(14)5-11(16)13(12)15/h3-6H,7,16H2,1-2H3. The molecule has 21 heavy (non-hydrogen) atoms. The molecule has 2 rings (SSSR count). The van der Waals surface area contributed by atoms with Crippen molar-refractivity contribution in [3.8, 4) is 0 Å². The number of hydrogen-bond donors (Lipinski definition) is 1. The summed E-state index contributed by atoms with van der Waals surface area (Å²) in [5.74, 6) is 0.102. The number of benzene rings is 1. The lowest BCUT2D eigenvalue weighted by Gasteiger charge is -2.17. The van der Waals surface area contributed by atoms with Gasteiger partial charge in [0.1, 0.15) is 16.4 Å². The fraction of sp³-hybridized carbons (Fsp3) is 0.231. The van der Waals surface area contributed by atoms with E-state index in [2.05, 4.69) is 0 Å². The van der Waals surface area contributed by atoms with E-state index in [1.54, 1.807) is 19.1 Å². The zero-order chi connectivity index (χ0) is 15.8. The van der Waals surface area contributed by atoms with Crippen LogP contribution < -0.4 is 5.73 Å². The zero-order valence-corrected chi connectivity index (χ0v) is 13.0. The van der Waals surface area contributed by atoms with Crippen molar-refractivity contribution in [1.82, 2.24) is 4.31 Å². The van der Waals surface area contributed by atoms with Crippen LogP contribution in [0.5, 0.6) is 0 Å². The Morgan fingerprint density at radius 3 is 2.62 bits per heavy atom. The van der Waals surface area contributed by atoms with Crippen LogP contribution >= 0.6 is 11.6 Å². The quantitative estimate of drug-likeness (QED) is 0.873. The summed E-state index contributed by atoms with van der Waals surface area (Å²) in [6.07, 6.45) is 0. The third-order valence-electron chi connectivity index (χ3n) is 2.89. The number of nitrogens with two attached hydrogens (primary N) is 1. The molecule has 0 radical (unpaired) electrons. The number of hydrogen-bond acceptors (Lipinski definition) is 4. The van der Waals surface area contributed by atoms with Crippen molar-refractivity contribution in [2.24, 2.45) is 0 Å². The van der Waals surface area contributed by atoms with Crippen LogP contribution in [0.25, 0.3) is 0 Å². The second kappa shape index (κ2) is 5.67. The Balaban J connectivity index is 2.37. The van der Waals surface area contributed by atoms with Crippen LogP contribution in [-0.4, -0.2) is 19.8 Å². The van der Waals surface area contributed by atoms with Crippen molar-refractivity contribution in [1.29, 1.82) is 0 Å². The molecule has 2 aromatic rings. The van der Waals surface area contributed by atoms with E-state index in [9.17, 15) is 12.8 Å². The van der Waals surface area contributed by atoms with Crippen LogP contribution in [-0.2, 0) is 16.6 Å². The van der Waals surface area contributed by atoms with Gasteiger partial charge in [-0.3, -0.25) is 0 Å². The number of anilines is 1. The first-order chi connectivity index (χ1) is 9.71. The summed E-state index contributed by atoms with van der Waals surface area (Å²) >= 11 is 5.75. The van der Waals surface area contributed by atoms with Crippen molar-refractivity contribution in [3.63, 3.8) is 0 Å². The Bertz CT molecular complexity index is 774. The molecule has 0 bridgehead atoms. The van der Waals surface area contributed by atoms with Gasteiger partial charge >= 0.3 is 0 Å². The van der Waals surface area contributed by atoms with Gasteiger partial charge in [-0.2, -0.15) is 4.31 Å². The van der Waals surface area contributed by atoms with Gasteiger partial charge in [0.25, 0.3) is 0 Å². The van der Waals surface area contributed by atoms with E-state index in [0.29, 0.717) is 11.5 Å². The molecule has 0 fully saturated rings. The van der Waals surface area contributed by atoms with Crippen LogP contribution in [0.3, 0.4) is 0 Å². The molecule has 0 amide bonds. The molecule has 114 valence electrons. The van der Waals surface area contributed by atoms with Crippen LogP contribution in [0.2, 0.25) is 5.02 Å². The zero-order valence-electron chi connectivity index (χ0n) is 11.4. The van der Waals surface area contributed by atoms with Gasteiger partial charge in [-0.25, -0.2) is 12.8 Å². The molecule has 0 spiro atoms. The van der Waals surface area contributed by atoms with E-state index in [1.807, 2.05) is 0 Å². The largest absolute Gasteiger partial charge is 0.465 e. The number of furan rings is 1. The molecule has 1 aromatic heterocycles. The van der Waals surface area contributed by atoms with Gasteiger partial charge in [-0.15, -0.1) is 0 Å². The third-order valence-corrected chi connectivity index (χ3v) is 4.92. The topological polar surface area (TPSA) is 76.5 Å². The highest BCUT2D eigenvalue weighted by molar-refractivity contribution is 7.89. The van der Waals surface area contributed by atoms with Gasteiger partial charge in [-0.05, 0) is 31.2 Å². The molecule has 0 unspecified atom stereocenters. The summed E-state index contributed by atoms with van der Waals surface area (Å²) in [5.41, 5.74) is 5.10. The molecule has 2 N–H and O–H groups in total. The van der Waals surface area contributed by atoms with Gasteiger partial charge in [0.15, 0.2) is 5.82 Å². The van der Waals surface area contributed by atoms with E-state index >= 15 is 0 Å². The van der Waals surface area contributed by atoms with Crippen molar-refractivity contribution in [3.05, 3.63) is 46.6 Å². The number of aryl methyl sites for hydroxylation is 1. The first-order valence-corrected chi connectivity index (χ1v) is 7.80. The molecule has 0 atom stereocenters. The fourth-order valence-electron chi connectivity index (χ4n) is 1.81. The number of nitrogens with zero attached hydrogens (tertiary/aromatic N) is 1. The number of sulfonamides is 1. The summed E-state index contributed by atoms with van der Waals surface area (Å²) in [7, 11) is -2.75. The average Bonchev–Trinajstić information content (AvgIpc) is 2.79. The first-order valence-electron chi connectivity index (χ1n) is 5.98. The average molecular weight is 333 g/mol. The lowest BCUT2D eigenvalue weighted by Crippen LogP contribution is -2.27. The third kappa shape index (κ3) is 3.20. The summed E-state index contributed by atoms with van der Waals surface area (Å²) in [5, 5.41) is 0.0507. The van der Waals surface area contributed by atoms with Gasteiger partial charge in [0, 0.05) is 12.1 Å². The Labute approximate surface area is 127 Å². The monoisotopic (exact) mass is 332 g/mol. The highest BCUT2D eigenvalue weighted by Gasteiger charge is 2.27. The maximum Gasteiger partial charge on any atom is 0.246 e. The van der Waals surface area contributed by atoms with E-state index in [1.165, 1.54) is 7.05 Å². The van der Waals surface area contributed by atoms with Crippen molar-refractivity contribution < 1.29 is 17.2 Å². The Morgan fingerprint density at radius 2 is 2.05 bits per heavy atom. The fourth-order valence-corrected chi connectivity index (χ4v) is 3.36. The minimum absolute atomic E-state index is 0.0258. The molecule has 0 aliphatic heterocycles. The lowest BCUT2D eigenvalue weighted by molar-refractivity contribution is 0.395. The minimum Gasteiger partial charge on any atom is -0.465 e. The van der Waals surface area contributed by atoms with Crippen molar-refractivity contribution in [2.45, 2.75) is 18.4 Å². The molecule has 1 heterocycles. The highest BCUT2D eigenvalue weighted by Crippen LogP contribution is 2.27. The van der Waals surface area contributed by atoms with E-state index in [-0.39, 0.29) is 17.3 Å². The maximum absolute atomic E-state index is 14.0. The lowest BCUT2D eigenvalue weighted by atomic mass is 10.3. The molecule has 8 heteroatoms. The Morgan fingerprint density at radius 1 is 1.38 bits per heavy atom. The predicted molar refractivity (Wildman–Crippen MR) is 77.9 cm³/mol. The molecule has 0 aliphatic carbocycles. The van der Waals surface area contributed by atoms with E-state index in [0.717, 1.165) is 16.4 Å². The minimum atomic E-state index is -4.07. The first kappa shape index (κ1) is 15.8. The Kier molecular flexibility index (Phi) is 4.27. The van der Waals surface area contributed by atoms with E-state index < -0.39 is 20.7 Å². The van der Waals surface area contributed by atoms with Gasteiger partial charge in [0.05, 0.1) is 12.2 Å². The normalized spacial score (nSPS) is 12.0. The molecule has 0 aliphatic rings. The summed E-state index contributed by atoms with van der Waals surface area (Å²) in [4.78, 5) is -0.557. The number of rotatable bonds is 4. The smallest absolute Gasteiger partial charge is 0.246 e. The van der Waals surface area contributed by atoms with Gasteiger partial charge in [-0.1, -0.05) is 11.6 Å². The summed E-state index contributed by atoms with van der Waals surface area (Å²) < 4.78 is 45.0. The van der Waals surface area contributed by atoms with Crippen molar-refractivity contribution in [2.75, 3.05) is 12.8 Å².